The molecule has 0 saturated carbocycles. The van der Waals surface area contributed by atoms with Crippen LogP contribution in [0.1, 0.15) is 29.9 Å². The summed E-state index contributed by atoms with van der Waals surface area (Å²) < 4.78 is 56.7. The van der Waals surface area contributed by atoms with Gasteiger partial charge in [0.05, 0.1) is 30.1 Å². The molecule has 1 N–H and O–H groups in total. The quantitative estimate of drug-likeness (QED) is 0.259. The summed E-state index contributed by atoms with van der Waals surface area (Å²) in [5.41, 5.74) is -2.21. The number of aryl methyl sites for hydroxylation is 1. The third-order valence-corrected chi connectivity index (χ3v) is 6.36. The molecule has 1 aromatic heterocycles. The fourth-order valence-corrected chi connectivity index (χ4v) is 4.58. The maximum Gasteiger partial charge on any atom is 0.416 e. The molecule has 0 bridgehead atoms. The average molecular weight is 538 g/mol. The number of rotatable bonds is 8. The second-order valence-electron chi connectivity index (χ2n) is 8.83. The minimum atomic E-state index is -4.57. The van der Waals surface area contributed by atoms with Crippen molar-refractivity contribution >= 4 is 11.4 Å². The van der Waals surface area contributed by atoms with Crippen molar-refractivity contribution < 1.29 is 37.4 Å². The number of aliphatic hydroxyl groups is 1. The SMILES string of the molecule is COC(OC)[C@@]1(C)Oc2ccc([N+](=O)[O-])cc2[C@H](N(Cc2nnn(C)n2)c2ccc(C(F)(F)F)cc2)[C@@H]1O. The van der Waals surface area contributed by atoms with Gasteiger partial charge in [0.2, 0.25) is 0 Å². The molecule has 4 rings (SSSR count). The number of nitro benzene ring substituents is 1. The maximum absolute atomic E-state index is 13.3. The summed E-state index contributed by atoms with van der Waals surface area (Å²) in [6.45, 7) is 1.42. The number of benzene rings is 2. The molecule has 3 aromatic rings. The average Bonchev–Trinajstić information content (AvgIpc) is 3.28. The number of fused-ring (bicyclic) bond motifs is 1. The Kier molecular flexibility index (Phi) is 7.27. The van der Waals surface area contributed by atoms with E-state index in [0.29, 0.717) is 0 Å². The lowest BCUT2D eigenvalue weighted by Crippen LogP contribution is -2.62. The van der Waals surface area contributed by atoms with Gasteiger partial charge in [0.25, 0.3) is 5.69 Å². The van der Waals surface area contributed by atoms with Crippen LogP contribution in [0.2, 0.25) is 0 Å². The number of methoxy groups -OCH3 is 2. The first kappa shape index (κ1) is 27.2. The number of aliphatic hydroxyl groups excluding tert-OH is 1. The second-order valence-corrected chi connectivity index (χ2v) is 8.83. The number of hydrogen-bond donors (Lipinski definition) is 1. The highest BCUT2D eigenvalue weighted by Crippen LogP contribution is 2.47. The molecule has 15 heteroatoms. The number of non-ortho nitro benzene ring substituents is 1. The Morgan fingerprint density at radius 1 is 1.24 bits per heavy atom. The minimum absolute atomic E-state index is 0.121. The van der Waals surface area contributed by atoms with Gasteiger partial charge in [0, 0.05) is 37.6 Å². The van der Waals surface area contributed by atoms with E-state index in [1.54, 1.807) is 7.05 Å². The molecule has 1 aliphatic heterocycles. The molecular formula is C23H25F3N6O6. The third-order valence-electron chi connectivity index (χ3n) is 6.36. The number of nitrogens with zero attached hydrogens (tertiary/aromatic N) is 6. The van der Waals surface area contributed by atoms with Crippen LogP contribution in [0.4, 0.5) is 24.5 Å². The van der Waals surface area contributed by atoms with Crippen molar-refractivity contribution in [3.05, 3.63) is 69.5 Å². The first-order valence-corrected chi connectivity index (χ1v) is 11.3. The summed E-state index contributed by atoms with van der Waals surface area (Å²) in [4.78, 5) is 13.7. The zero-order valence-corrected chi connectivity index (χ0v) is 20.8. The van der Waals surface area contributed by atoms with E-state index in [0.717, 1.165) is 12.1 Å². The van der Waals surface area contributed by atoms with Gasteiger partial charge in [-0.3, -0.25) is 10.1 Å². The normalized spacial score (nSPS) is 21.2. The van der Waals surface area contributed by atoms with Gasteiger partial charge in [-0.2, -0.15) is 18.0 Å². The number of aromatic nitrogens is 4. The zero-order valence-electron chi connectivity index (χ0n) is 20.8. The van der Waals surface area contributed by atoms with Gasteiger partial charge >= 0.3 is 6.18 Å². The smallest absolute Gasteiger partial charge is 0.416 e. The predicted octanol–water partition coefficient (Wildman–Crippen LogP) is 3.02. The van der Waals surface area contributed by atoms with Crippen LogP contribution in [0.5, 0.6) is 5.75 Å². The molecule has 2 heterocycles. The summed E-state index contributed by atoms with van der Waals surface area (Å²) in [5.74, 6) is 0.381. The van der Waals surface area contributed by atoms with Crippen molar-refractivity contribution in [3.8, 4) is 5.75 Å². The summed E-state index contributed by atoms with van der Waals surface area (Å²) in [7, 11) is 4.25. The highest BCUT2D eigenvalue weighted by atomic mass is 19.4. The molecular weight excluding hydrogens is 513 g/mol. The molecule has 2 aromatic carbocycles. The molecule has 0 fully saturated rings. The predicted molar refractivity (Wildman–Crippen MR) is 125 cm³/mol. The standard InChI is InChI=1S/C23H25F3N6O6/c1-22(21(36-3)37-4)20(33)19(16-11-15(32(34)35)9-10-17(16)38-22)31(12-18-27-29-30(2)28-18)14-7-5-13(6-8-14)23(24,25)26/h5-11,19-21,33H,12H2,1-4H3/t19-,20-,22-/m0/s1. The first-order valence-electron chi connectivity index (χ1n) is 11.3. The van der Waals surface area contributed by atoms with Gasteiger partial charge < -0.3 is 24.2 Å². The van der Waals surface area contributed by atoms with E-state index in [1.807, 2.05) is 0 Å². The van der Waals surface area contributed by atoms with E-state index < -0.39 is 40.7 Å². The number of ether oxygens (including phenoxy) is 3. The number of nitro groups is 1. The summed E-state index contributed by atoms with van der Waals surface area (Å²) in [6, 6.07) is 7.06. The van der Waals surface area contributed by atoms with Crippen LogP contribution in [0.25, 0.3) is 0 Å². The molecule has 204 valence electrons. The highest BCUT2D eigenvalue weighted by molar-refractivity contribution is 5.56. The molecule has 38 heavy (non-hydrogen) atoms. The van der Waals surface area contributed by atoms with Crippen LogP contribution in [0.3, 0.4) is 0 Å². The topological polar surface area (TPSA) is 138 Å². The van der Waals surface area contributed by atoms with Crippen LogP contribution in [0.15, 0.2) is 42.5 Å². The van der Waals surface area contributed by atoms with E-state index >= 15 is 0 Å². The number of halogens is 3. The number of tetrazole rings is 1. The van der Waals surface area contributed by atoms with Gasteiger partial charge in [-0.1, -0.05) is 0 Å². The molecule has 0 amide bonds. The van der Waals surface area contributed by atoms with Crippen LogP contribution in [0, 0.1) is 10.1 Å². The molecule has 0 radical (unpaired) electrons. The Morgan fingerprint density at radius 3 is 2.42 bits per heavy atom. The number of alkyl halides is 3. The maximum atomic E-state index is 13.3. The van der Waals surface area contributed by atoms with Crippen molar-refractivity contribution in [1.29, 1.82) is 0 Å². The lowest BCUT2D eigenvalue weighted by atomic mass is 9.83. The molecule has 0 spiro atoms. The van der Waals surface area contributed by atoms with Gasteiger partial charge in [0.1, 0.15) is 11.9 Å². The number of hydrogen-bond acceptors (Lipinski definition) is 10. The third kappa shape index (κ3) is 4.99. The lowest BCUT2D eigenvalue weighted by Gasteiger charge is -2.49. The Labute approximate surface area is 214 Å². The molecule has 0 saturated heterocycles. The van der Waals surface area contributed by atoms with Gasteiger partial charge in [0.15, 0.2) is 17.7 Å². The Hall–Kier alpha value is -3.82. The van der Waals surface area contributed by atoms with Gasteiger partial charge in [-0.05, 0) is 42.5 Å². The van der Waals surface area contributed by atoms with Gasteiger partial charge in [-0.25, -0.2) is 0 Å². The van der Waals surface area contributed by atoms with Crippen molar-refractivity contribution in [2.75, 3.05) is 19.1 Å². The lowest BCUT2D eigenvalue weighted by molar-refractivity contribution is -0.385. The monoisotopic (exact) mass is 538 g/mol. The summed E-state index contributed by atoms with van der Waals surface area (Å²) >= 11 is 0. The van der Waals surface area contributed by atoms with Crippen LogP contribution < -0.4 is 9.64 Å². The molecule has 1 aliphatic rings. The first-order chi connectivity index (χ1) is 17.9. The van der Waals surface area contributed by atoms with Gasteiger partial charge in [-0.15, -0.1) is 10.2 Å². The fraction of sp³-hybridized carbons (Fsp3) is 0.435. The Balaban J connectivity index is 1.92. The largest absolute Gasteiger partial charge is 0.479 e. The number of anilines is 1. The van der Waals surface area contributed by atoms with Crippen molar-refractivity contribution in [1.82, 2.24) is 20.2 Å². The van der Waals surface area contributed by atoms with E-state index in [-0.39, 0.29) is 35.1 Å². The van der Waals surface area contributed by atoms with Crippen molar-refractivity contribution in [2.45, 2.75) is 43.7 Å². The molecule has 12 nitrogen and oxygen atoms in total. The molecule has 0 aliphatic carbocycles. The minimum Gasteiger partial charge on any atom is -0.479 e. The fourth-order valence-electron chi connectivity index (χ4n) is 4.58. The van der Waals surface area contributed by atoms with E-state index in [1.165, 1.54) is 61.2 Å². The van der Waals surface area contributed by atoms with Crippen LogP contribution >= 0.6 is 0 Å². The highest BCUT2D eigenvalue weighted by Gasteiger charge is 2.54. The zero-order chi connectivity index (χ0) is 27.8. The second kappa shape index (κ2) is 10.2. The molecule has 3 atom stereocenters. The molecule has 0 unspecified atom stereocenters. The van der Waals surface area contributed by atoms with E-state index in [4.69, 9.17) is 14.2 Å². The van der Waals surface area contributed by atoms with Crippen LogP contribution in [-0.4, -0.2) is 62.5 Å². The van der Waals surface area contributed by atoms with Crippen molar-refractivity contribution in [2.24, 2.45) is 7.05 Å². The summed E-state index contributed by atoms with van der Waals surface area (Å²) in [6.07, 6.45) is -7.13. The Morgan fingerprint density at radius 2 is 1.89 bits per heavy atom. The Bertz CT molecular complexity index is 1300. The van der Waals surface area contributed by atoms with E-state index in [2.05, 4.69) is 15.4 Å². The van der Waals surface area contributed by atoms with Crippen molar-refractivity contribution in [3.63, 3.8) is 0 Å². The summed E-state index contributed by atoms with van der Waals surface area (Å²) in [5, 5.41) is 35.3. The van der Waals surface area contributed by atoms with E-state index in [9.17, 15) is 28.4 Å². The van der Waals surface area contributed by atoms with Crippen LogP contribution in [-0.2, 0) is 29.2 Å².